The Kier molecular flexibility index (Phi) is 6.55. The van der Waals surface area contributed by atoms with Gasteiger partial charge in [-0.2, -0.15) is 0 Å². The average molecular weight is 622 g/mol. The molecule has 0 amide bonds. The van der Waals surface area contributed by atoms with Crippen molar-refractivity contribution in [3.63, 3.8) is 0 Å². The van der Waals surface area contributed by atoms with Gasteiger partial charge >= 0.3 is 0 Å². The standard InChI is InChI=1S/C44H28ClNO/c45-40-26-27-41-42(38-24-22-31-15-8-10-20-36(31)44(38)47-41)43(40)46(32-17-5-2-6-18-32)33-23-25-35(29-12-3-1-4-13-29)39(28-33)37-21-11-16-30-14-7-9-19-34(30)37/h1-28H. The van der Waals surface area contributed by atoms with E-state index in [0.29, 0.717) is 5.02 Å². The quantitative estimate of drug-likeness (QED) is 0.190. The fourth-order valence-electron chi connectivity index (χ4n) is 6.98. The van der Waals surface area contributed by atoms with E-state index in [1.165, 1.54) is 27.5 Å². The van der Waals surface area contributed by atoms with Gasteiger partial charge in [-0.1, -0.05) is 139 Å². The zero-order valence-corrected chi connectivity index (χ0v) is 26.2. The predicted molar refractivity (Wildman–Crippen MR) is 199 cm³/mol. The van der Waals surface area contributed by atoms with Crippen molar-refractivity contribution >= 4 is 72.1 Å². The van der Waals surface area contributed by atoms with Crippen LogP contribution >= 0.6 is 11.6 Å². The molecule has 0 atom stereocenters. The molecule has 0 bridgehead atoms. The molecule has 0 aliphatic rings. The lowest BCUT2D eigenvalue weighted by molar-refractivity contribution is 0.672. The van der Waals surface area contributed by atoms with Crippen molar-refractivity contribution in [2.75, 3.05) is 4.90 Å². The Morgan fingerprint density at radius 2 is 1.13 bits per heavy atom. The highest BCUT2D eigenvalue weighted by atomic mass is 35.5. The Labute approximate surface area is 277 Å². The summed E-state index contributed by atoms with van der Waals surface area (Å²) in [7, 11) is 0. The molecular formula is C44H28ClNO. The Bertz CT molecular complexity index is 2580. The Hall–Kier alpha value is -5.83. The summed E-state index contributed by atoms with van der Waals surface area (Å²) in [5, 5.41) is 7.31. The lowest BCUT2D eigenvalue weighted by atomic mass is 9.90. The predicted octanol–water partition coefficient (Wildman–Crippen LogP) is 13.3. The summed E-state index contributed by atoms with van der Waals surface area (Å²) in [4.78, 5) is 2.28. The van der Waals surface area contributed by atoms with E-state index in [-0.39, 0.29) is 0 Å². The minimum Gasteiger partial charge on any atom is -0.455 e. The third-order valence-electron chi connectivity index (χ3n) is 9.12. The summed E-state index contributed by atoms with van der Waals surface area (Å²) in [6, 6.07) is 59.6. The second-order valence-corrected chi connectivity index (χ2v) is 12.2. The van der Waals surface area contributed by atoms with Crippen molar-refractivity contribution in [2.45, 2.75) is 0 Å². The van der Waals surface area contributed by atoms with Crippen LogP contribution in [0.3, 0.4) is 0 Å². The number of fused-ring (bicyclic) bond motifs is 6. The zero-order chi connectivity index (χ0) is 31.3. The van der Waals surface area contributed by atoms with E-state index in [1.54, 1.807) is 0 Å². The number of hydrogen-bond acceptors (Lipinski definition) is 2. The van der Waals surface area contributed by atoms with E-state index < -0.39 is 0 Å². The van der Waals surface area contributed by atoms with Crippen LogP contribution in [-0.4, -0.2) is 0 Å². The molecule has 8 aromatic carbocycles. The number of anilines is 3. The summed E-state index contributed by atoms with van der Waals surface area (Å²) in [6.45, 7) is 0. The first-order valence-electron chi connectivity index (χ1n) is 15.8. The van der Waals surface area contributed by atoms with E-state index in [0.717, 1.165) is 55.3 Å². The molecule has 1 heterocycles. The summed E-state index contributed by atoms with van der Waals surface area (Å²) < 4.78 is 6.62. The van der Waals surface area contributed by atoms with Crippen molar-refractivity contribution in [1.82, 2.24) is 0 Å². The molecule has 0 aliphatic carbocycles. The normalized spacial score (nSPS) is 11.5. The van der Waals surface area contributed by atoms with E-state index in [2.05, 4.69) is 157 Å². The average Bonchev–Trinajstić information content (AvgIpc) is 3.52. The van der Waals surface area contributed by atoms with Crippen molar-refractivity contribution in [3.8, 4) is 22.3 Å². The third-order valence-corrected chi connectivity index (χ3v) is 9.42. The highest BCUT2D eigenvalue weighted by Crippen LogP contribution is 2.49. The van der Waals surface area contributed by atoms with Crippen molar-refractivity contribution in [3.05, 3.63) is 175 Å². The molecule has 0 saturated carbocycles. The van der Waals surface area contributed by atoms with Gasteiger partial charge in [0.1, 0.15) is 11.2 Å². The number of halogens is 1. The molecule has 3 heteroatoms. The van der Waals surface area contributed by atoms with Crippen LogP contribution < -0.4 is 4.90 Å². The van der Waals surface area contributed by atoms with Gasteiger partial charge in [-0.25, -0.2) is 0 Å². The summed E-state index contributed by atoms with van der Waals surface area (Å²) in [6.07, 6.45) is 0. The van der Waals surface area contributed by atoms with Crippen LogP contribution in [0.5, 0.6) is 0 Å². The topological polar surface area (TPSA) is 16.4 Å². The Morgan fingerprint density at radius 1 is 0.447 bits per heavy atom. The molecule has 9 rings (SSSR count). The largest absolute Gasteiger partial charge is 0.455 e. The van der Waals surface area contributed by atoms with Crippen LogP contribution in [0.25, 0.3) is 65.7 Å². The van der Waals surface area contributed by atoms with E-state index >= 15 is 0 Å². The van der Waals surface area contributed by atoms with Gasteiger partial charge in [0.25, 0.3) is 0 Å². The monoisotopic (exact) mass is 621 g/mol. The van der Waals surface area contributed by atoms with Gasteiger partial charge in [-0.05, 0) is 80.9 Å². The van der Waals surface area contributed by atoms with Gasteiger partial charge in [0.15, 0.2) is 0 Å². The number of para-hydroxylation sites is 1. The fourth-order valence-corrected chi connectivity index (χ4v) is 7.22. The molecule has 0 fully saturated rings. The number of nitrogens with zero attached hydrogens (tertiary/aromatic N) is 1. The van der Waals surface area contributed by atoms with Gasteiger partial charge < -0.3 is 9.32 Å². The van der Waals surface area contributed by atoms with Gasteiger partial charge in [0.05, 0.1) is 16.1 Å². The number of hydrogen-bond donors (Lipinski definition) is 0. The molecule has 1 aromatic heterocycles. The first kappa shape index (κ1) is 27.5. The summed E-state index contributed by atoms with van der Waals surface area (Å²) in [5.41, 5.74) is 9.23. The fraction of sp³-hybridized carbons (Fsp3) is 0. The molecule has 9 aromatic rings. The molecule has 222 valence electrons. The molecule has 0 aliphatic heterocycles. The molecule has 0 spiro atoms. The van der Waals surface area contributed by atoms with Crippen LogP contribution in [0, 0.1) is 0 Å². The van der Waals surface area contributed by atoms with E-state index in [4.69, 9.17) is 16.0 Å². The van der Waals surface area contributed by atoms with E-state index in [1.807, 2.05) is 18.2 Å². The minimum atomic E-state index is 0.649. The van der Waals surface area contributed by atoms with Crippen molar-refractivity contribution < 1.29 is 4.42 Å². The maximum atomic E-state index is 7.25. The van der Waals surface area contributed by atoms with Gasteiger partial charge in [-0.15, -0.1) is 0 Å². The second-order valence-electron chi connectivity index (χ2n) is 11.8. The molecule has 0 unspecified atom stereocenters. The maximum absolute atomic E-state index is 7.25. The van der Waals surface area contributed by atoms with Crippen LogP contribution in [0.4, 0.5) is 17.1 Å². The van der Waals surface area contributed by atoms with Crippen molar-refractivity contribution in [1.29, 1.82) is 0 Å². The molecule has 0 N–H and O–H groups in total. The molecule has 47 heavy (non-hydrogen) atoms. The lowest BCUT2D eigenvalue weighted by Crippen LogP contribution is -2.11. The lowest BCUT2D eigenvalue weighted by Gasteiger charge is -2.28. The smallest absolute Gasteiger partial charge is 0.143 e. The molecule has 0 radical (unpaired) electrons. The first-order chi connectivity index (χ1) is 23.2. The highest BCUT2D eigenvalue weighted by molar-refractivity contribution is 6.37. The first-order valence-corrected chi connectivity index (χ1v) is 16.2. The van der Waals surface area contributed by atoms with Crippen LogP contribution in [0.15, 0.2) is 174 Å². The number of benzene rings is 8. The minimum absolute atomic E-state index is 0.649. The van der Waals surface area contributed by atoms with Crippen LogP contribution in [0.2, 0.25) is 5.02 Å². The second kappa shape index (κ2) is 11.2. The van der Waals surface area contributed by atoms with Gasteiger partial charge in [-0.3, -0.25) is 0 Å². The van der Waals surface area contributed by atoms with Crippen LogP contribution in [0.1, 0.15) is 0 Å². The van der Waals surface area contributed by atoms with Crippen molar-refractivity contribution in [2.24, 2.45) is 0 Å². The number of rotatable bonds is 5. The molecule has 0 saturated heterocycles. The van der Waals surface area contributed by atoms with Gasteiger partial charge in [0, 0.05) is 22.1 Å². The summed E-state index contributed by atoms with van der Waals surface area (Å²) >= 11 is 7.25. The van der Waals surface area contributed by atoms with E-state index in [9.17, 15) is 0 Å². The maximum Gasteiger partial charge on any atom is 0.143 e. The molecule has 2 nitrogen and oxygen atoms in total. The molecular weight excluding hydrogens is 594 g/mol. The zero-order valence-electron chi connectivity index (χ0n) is 25.4. The Morgan fingerprint density at radius 3 is 1.94 bits per heavy atom. The third kappa shape index (κ3) is 4.57. The van der Waals surface area contributed by atoms with Crippen LogP contribution in [-0.2, 0) is 0 Å². The number of furan rings is 1. The summed E-state index contributed by atoms with van der Waals surface area (Å²) in [5.74, 6) is 0. The van der Waals surface area contributed by atoms with Gasteiger partial charge in [0.2, 0.25) is 0 Å². The SMILES string of the molecule is Clc1ccc2oc3c4ccccc4ccc3c2c1N(c1ccccc1)c1ccc(-c2ccccc2)c(-c2cccc3ccccc23)c1. The Balaban J connectivity index is 1.36. The highest BCUT2D eigenvalue weighted by Gasteiger charge is 2.24.